The molecule has 1 rings (SSSR count). The van der Waals surface area contributed by atoms with Gasteiger partial charge in [0.05, 0.1) is 24.8 Å². The van der Waals surface area contributed by atoms with E-state index in [9.17, 15) is 14.4 Å². The number of thiophene rings is 1. The topological polar surface area (TPSA) is 95.9 Å². The minimum absolute atomic E-state index is 0.156. The molecule has 1 aromatic heterocycles. The highest BCUT2D eigenvalue weighted by molar-refractivity contribution is 7.08. The molecule has 1 heterocycles. The fourth-order valence-corrected chi connectivity index (χ4v) is 2.43. The second-order valence-corrected chi connectivity index (χ2v) is 5.31. The van der Waals surface area contributed by atoms with E-state index in [1.54, 1.807) is 30.7 Å². The first-order valence-corrected chi connectivity index (χ1v) is 7.84. The molecule has 1 atom stereocenters. The number of carbonyl (C=O) groups is 3. The van der Waals surface area contributed by atoms with Crippen LogP contribution in [0.3, 0.4) is 0 Å². The van der Waals surface area contributed by atoms with Gasteiger partial charge >= 0.3 is 11.9 Å². The summed E-state index contributed by atoms with van der Waals surface area (Å²) >= 11 is 1.38. The average molecular weight is 328 g/mol. The molecule has 0 radical (unpaired) electrons. The van der Waals surface area contributed by atoms with Gasteiger partial charge in [-0.05, 0) is 25.3 Å². The Bertz CT molecular complexity index is 503. The fraction of sp³-hybridized carbons (Fsp3) is 0.500. The molecule has 22 heavy (non-hydrogen) atoms. The Balaban J connectivity index is 2.57. The number of esters is 1. The maximum atomic E-state index is 12.4. The Morgan fingerprint density at radius 2 is 2.18 bits per heavy atom. The van der Waals surface area contributed by atoms with Crippen LogP contribution in [0.15, 0.2) is 16.8 Å². The Labute approximate surface area is 132 Å². The number of aliphatic carboxylic acids is 1. The van der Waals surface area contributed by atoms with Crippen LogP contribution in [-0.2, 0) is 19.1 Å². The Hall–Kier alpha value is -1.93. The third kappa shape index (κ3) is 5.82. The van der Waals surface area contributed by atoms with Crippen molar-refractivity contribution >= 4 is 34.9 Å². The first-order chi connectivity index (χ1) is 10.5. The van der Waals surface area contributed by atoms with Crippen molar-refractivity contribution in [1.29, 1.82) is 0 Å². The zero-order valence-corrected chi connectivity index (χ0v) is 13.4. The lowest BCUT2D eigenvalue weighted by atomic mass is 10.2. The number of anilines is 1. The Morgan fingerprint density at radius 1 is 1.45 bits per heavy atom. The van der Waals surface area contributed by atoms with Gasteiger partial charge in [-0.2, -0.15) is 11.3 Å². The van der Waals surface area contributed by atoms with Gasteiger partial charge in [-0.3, -0.25) is 19.3 Å². The summed E-state index contributed by atoms with van der Waals surface area (Å²) < 4.78 is 4.79. The van der Waals surface area contributed by atoms with E-state index in [-0.39, 0.29) is 24.8 Å². The lowest BCUT2D eigenvalue weighted by molar-refractivity contribution is -0.143. The van der Waals surface area contributed by atoms with Gasteiger partial charge in [0, 0.05) is 11.9 Å². The average Bonchev–Trinajstić information content (AvgIpc) is 2.98. The van der Waals surface area contributed by atoms with Crippen LogP contribution in [0.2, 0.25) is 0 Å². The SMILES string of the molecule is CCOC(=O)CCN[C@@H](C)C(=O)N(CC(=O)O)c1ccsc1. The molecule has 122 valence electrons. The maximum Gasteiger partial charge on any atom is 0.323 e. The summed E-state index contributed by atoms with van der Waals surface area (Å²) in [7, 11) is 0. The first-order valence-electron chi connectivity index (χ1n) is 6.90. The molecule has 1 aromatic rings. The second-order valence-electron chi connectivity index (χ2n) is 4.53. The minimum Gasteiger partial charge on any atom is -0.480 e. The summed E-state index contributed by atoms with van der Waals surface area (Å²) in [5, 5.41) is 15.3. The van der Waals surface area contributed by atoms with Crippen LogP contribution in [0.25, 0.3) is 0 Å². The maximum absolute atomic E-state index is 12.4. The number of rotatable bonds is 9. The Kier molecular flexibility index (Phi) is 7.55. The second kappa shape index (κ2) is 9.16. The zero-order valence-electron chi connectivity index (χ0n) is 12.6. The molecule has 0 bridgehead atoms. The number of amides is 1. The van der Waals surface area contributed by atoms with Crippen LogP contribution >= 0.6 is 11.3 Å². The summed E-state index contributed by atoms with van der Waals surface area (Å²) in [4.78, 5) is 35.7. The monoisotopic (exact) mass is 328 g/mol. The highest BCUT2D eigenvalue weighted by Gasteiger charge is 2.24. The van der Waals surface area contributed by atoms with Gasteiger partial charge in [0.2, 0.25) is 5.91 Å². The lowest BCUT2D eigenvalue weighted by Crippen LogP contribution is -2.47. The molecule has 0 spiro atoms. The fourth-order valence-electron chi connectivity index (χ4n) is 1.79. The molecule has 0 aliphatic carbocycles. The van der Waals surface area contributed by atoms with Crippen molar-refractivity contribution in [2.24, 2.45) is 0 Å². The van der Waals surface area contributed by atoms with E-state index in [0.29, 0.717) is 12.3 Å². The predicted molar refractivity (Wildman–Crippen MR) is 83.0 cm³/mol. The van der Waals surface area contributed by atoms with Crippen molar-refractivity contribution in [3.05, 3.63) is 16.8 Å². The molecular weight excluding hydrogens is 308 g/mol. The van der Waals surface area contributed by atoms with Crippen molar-refractivity contribution in [2.45, 2.75) is 26.3 Å². The number of nitrogens with one attached hydrogen (secondary N) is 1. The van der Waals surface area contributed by atoms with Crippen LogP contribution < -0.4 is 10.2 Å². The normalized spacial score (nSPS) is 11.7. The zero-order chi connectivity index (χ0) is 16.5. The minimum atomic E-state index is -1.08. The summed E-state index contributed by atoms with van der Waals surface area (Å²) in [5.41, 5.74) is 0.552. The van der Waals surface area contributed by atoms with Crippen LogP contribution in [0.5, 0.6) is 0 Å². The van der Waals surface area contributed by atoms with Gasteiger partial charge in [0.25, 0.3) is 0 Å². The molecule has 7 nitrogen and oxygen atoms in total. The largest absolute Gasteiger partial charge is 0.480 e. The van der Waals surface area contributed by atoms with Gasteiger partial charge in [-0.25, -0.2) is 0 Å². The first kappa shape index (κ1) is 18.1. The van der Waals surface area contributed by atoms with Crippen LogP contribution in [0, 0.1) is 0 Å². The van der Waals surface area contributed by atoms with Gasteiger partial charge in [-0.15, -0.1) is 0 Å². The van der Waals surface area contributed by atoms with Crippen LogP contribution in [-0.4, -0.2) is 48.7 Å². The standard InChI is InChI=1S/C14H20N2O5S/c1-3-21-13(19)4-6-15-10(2)14(20)16(8-12(17)18)11-5-7-22-9-11/h5,7,9-10,15H,3-4,6,8H2,1-2H3,(H,17,18)/t10-/m0/s1. The lowest BCUT2D eigenvalue weighted by Gasteiger charge is -2.23. The summed E-state index contributed by atoms with van der Waals surface area (Å²) in [6.45, 7) is 3.56. The quantitative estimate of drug-likeness (QED) is 0.659. The highest BCUT2D eigenvalue weighted by Crippen LogP contribution is 2.18. The van der Waals surface area contributed by atoms with Crippen molar-refractivity contribution in [2.75, 3.05) is 24.6 Å². The van der Waals surface area contributed by atoms with E-state index in [1.165, 1.54) is 16.2 Å². The molecule has 0 fully saturated rings. The molecule has 0 aromatic carbocycles. The van der Waals surface area contributed by atoms with E-state index in [4.69, 9.17) is 9.84 Å². The third-order valence-corrected chi connectivity index (χ3v) is 3.50. The smallest absolute Gasteiger partial charge is 0.323 e. The molecular formula is C14H20N2O5S. The van der Waals surface area contributed by atoms with Gasteiger partial charge in [0.15, 0.2) is 0 Å². The molecule has 0 unspecified atom stereocenters. The van der Waals surface area contributed by atoms with Gasteiger partial charge in [-0.1, -0.05) is 0 Å². The molecule has 0 aliphatic heterocycles. The summed E-state index contributed by atoms with van der Waals surface area (Å²) in [6, 6.07) is 1.09. The molecule has 1 amide bonds. The Morgan fingerprint density at radius 3 is 2.73 bits per heavy atom. The van der Waals surface area contributed by atoms with Crippen molar-refractivity contribution < 1.29 is 24.2 Å². The number of carboxylic acid groups (broad SMARTS) is 1. The van der Waals surface area contributed by atoms with Crippen molar-refractivity contribution in [3.63, 3.8) is 0 Å². The molecule has 0 saturated heterocycles. The van der Waals surface area contributed by atoms with Crippen molar-refractivity contribution in [1.82, 2.24) is 5.32 Å². The summed E-state index contributed by atoms with van der Waals surface area (Å²) in [6.07, 6.45) is 0.156. The third-order valence-electron chi connectivity index (χ3n) is 2.83. The number of nitrogens with zero attached hydrogens (tertiary/aromatic N) is 1. The van der Waals surface area contributed by atoms with Gasteiger partial charge in [0.1, 0.15) is 6.54 Å². The number of ether oxygens (including phenoxy) is 1. The predicted octanol–water partition coefficient (Wildman–Crippen LogP) is 1.10. The van der Waals surface area contributed by atoms with E-state index in [1.807, 2.05) is 0 Å². The van der Waals surface area contributed by atoms with E-state index >= 15 is 0 Å². The molecule has 0 saturated carbocycles. The molecule has 2 N–H and O–H groups in total. The summed E-state index contributed by atoms with van der Waals surface area (Å²) in [5.74, 6) is -1.78. The van der Waals surface area contributed by atoms with Crippen molar-refractivity contribution in [3.8, 4) is 0 Å². The number of carboxylic acids is 1. The molecule has 8 heteroatoms. The van der Waals surface area contributed by atoms with Crippen LogP contribution in [0.4, 0.5) is 5.69 Å². The van der Waals surface area contributed by atoms with Crippen LogP contribution in [0.1, 0.15) is 20.3 Å². The van der Waals surface area contributed by atoms with E-state index in [0.717, 1.165) is 0 Å². The van der Waals surface area contributed by atoms with E-state index in [2.05, 4.69) is 5.32 Å². The number of carbonyl (C=O) groups excluding carboxylic acids is 2. The number of hydrogen-bond acceptors (Lipinski definition) is 6. The van der Waals surface area contributed by atoms with Gasteiger partial charge < -0.3 is 15.2 Å². The highest BCUT2D eigenvalue weighted by atomic mass is 32.1. The molecule has 0 aliphatic rings. The van der Waals surface area contributed by atoms with E-state index < -0.39 is 18.6 Å². The number of hydrogen-bond donors (Lipinski definition) is 2.